The molecule has 4 rings (SSSR count). The van der Waals surface area contributed by atoms with Crippen molar-refractivity contribution >= 4 is 6.08 Å². The molecule has 0 unspecified atom stereocenters. The Bertz CT molecular complexity index is 1260. The Balaban J connectivity index is 1.69. The first kappa shape index (κ1) is 23.6. The maximum atomic E-state index is 11.0. The largest absolute Gasteiger partial charge is 0.485 e. The van der Waals surface area contributed by atoms with Crippen LogP contribution in [0.2, 0.25) is 0 Å². The highest BCUT2D eigenvalue weighted by Crippen LogP contribution is 2.42. The van der Waals surface area contributed by atoms with Crippen LogP contribution in [0.4, 0.5) is 0 Å². The second-order valence-electron chi connectivity index (χ2n) is 7.74. The van der Waals surface area contributed by atoms with E-state index >= 15 is 0 Å². The summed E-state index contributed by atoms with van der Waals surface area (Å²) in [5, 5.41) is 11.0. The molecule has 0 heterocycles. The summed E-state index contributed by atoms with van der Waals surface area (Å²) in [5.41, 5.74) is 3.46. The van der Waals surface area contributed by atoms with E-state index in [-0.39, 0.29) is 13.2 Å². The first-order chi connectivity index (χ1) is 17.2. The Morgan fingerprint density at radius 1 is 0.600 bits per heavy atom. The lowest BCUT2D eigenvalue weighted by Gasteiger charge is -2.19. The molecular weight excluding hydrogens is 442 g/mol. The molecule has 0 aliphatic rings. The van der Waals surface area contributed by atoms with E-state index < -0.39 is 4.92 Å². The number of hydrogen-bond donors (Lipinski definition) is 0. The third-order valence-electron chi connectivity index (χ3n) is 5.17. The summed E-state index contributed by atoms with van der Waals surface area (Å²) in [6, 6.07) is 32.7. The van der Waals surface area contributed by atoms with Gasteiger partial charge in [-0.05, 0) is 28.8 Å². The molecule has 0 saturated carbocycles. The molecule has 0 bridgehead atoms. The van der Waals surface area contributed by atoms with Crippen LogP contribution in [-0.2, 0) is 19.8 Å². The van der Waals surface area contributed by atoms with Crippen LogP contribution in [0.1, 0.15) is 22.3 Å². The maximum absolute atomic E-state index is 11.0. The minimum atomic E-state index is -0.509. The second kappa shape index (κ2) is 12.0. The molecule has 0 atom stereocenters. The van der Waals surface area contributed by atoms with Gasteiger partial charge in [-0.25, -0.2) is 0 Å². The van der Waals surface area contributed by atoms with Crippen molar-refractivity contribution in [3.05, 3.63) is 142 Å². The molecule has 4 aromatic rings. The standard InChI is InChI=1S/C29H25NO5/c31-30(32)19-18-26-16-17-27(33-20-23-10-4-1-5-11-23)29(35-22-25-14-8-3-9-15-25)28(26)34-21-24-12-6-2-7-13-24/h1-19H,20-22H2/b19-18-. The van der Waals surface area contributed by atoms with Crippen LogP contribution in [0, 0.1) is 10.1 Å². The number of nitro groups is 1. The number of rotatable bonds is 11. The third-order valence-corrected chi connectivity index (χ3v) is 5.17. The molecule has 0 saturated heterocycles. The fourth-order valence-corrected chi connectivity index (χ4v) is 3.43. The molecule has 6 nitrogen and oxygen atoms in total. The van der Waals surface area contributed by atoms with Crippen LogP contribution in [-0.4, -0.2) is 4.92 Å². The van der Waals surface area contributed by atoms with Gasteiger partial charge in [0.25, 0.3) is 0 Å². The highest BCUT2D eigenvalue weighted by Gasteiger charge is 2.18. The van der Waals surface area contributed by atoms with Crippen molar-refractivity contribution in [2.45, 2.75) is 19.8 Å². The summed E-state index contributed by atoms with van der Waals surface area (Å²) < 4.78 is 18.5. The van der Waals surface area contributed by atoms with Crippen molar-refractivity contribution in [1.82, 2.24) is 0 Å². The van der Waals surface area contributed by atoms with E-state index in [1.807, 2.05) is 91.0 Å². The Morgan fingerprint density at radius 3 is 1.54 bits per heavy atom. The normalized spacial score (nSPS) is 10.7. The van der Waals surface area contributed by atoms with E-state index in [1.54, 1.807) is 12.1 Å². The van der Waals surface area contributed by atoms with Gasteiger partial charge in [-0.15, -0.1) is 0 Å². The molecule has 0 aliphatic carbocycles. The SMILES string of the molecule is O=[N+]([O-])/C=C\c1ccc(OCc2ccccc2)c(OCc2ccccc2)c1OCc1ccccc1. The van der Waals surface area contributed by atoms with E-state index in [4.69, 9.17) is 14.2 Å². The van der Waals surface area contributed by atoms with E-state index in [1.165, 1.54) is 6.08 Å². The fourth-order valence-electron chi connectivity index (χ4n) is 3.43. The van der Waals surface area contributed by atoms with Crippen molar-refractivity contribution in [2.75, 3.05) is 0 Å². The van der Waals surface area contributed by atoms with Crippen molar-refractivity contribution in [2.24, 2.45) is 0 Å². The molecule has 0 fully saturated rings. The first-order valence-electron chi connectivity index (χ1n) is 11.2. The lowest BCUT2D eigenvalue weighted by molar-refractivity contribution is -0.400. The Morgan fingerprint density at radius 2 is 1.06 bits per heavy atom. The predicted molar refractivity (Wildman–Crippen MR) is 135 cm³/mol. The van der Waals surface area contributed by atoms with Crippen LogP contribution in [0.3, 0.4) is 0 Å². The zero-order valence-corrected chi connectivity index (χ0v) is 19.1. The maximum Gasteiger partial charge on any atom is 0.235 e. The van der Waals surface area contributed by atoms with Gasteiger partial charge in [-0.1, -0.05) is 91.0 Å². The van der Waals surface area contributed by atoms with Gasteiger partial charge in [0.15, 0.2) is 11.5 Å². The lowest BCUT2D eigenvalue weighted by Crippen LogP contribution is -2.05. The quantitative estimate of drug-likeness (QED) is 0.182. The van der Waals surface area contributed by atoms with Gasteiger partial charge >= 0.3 is 0 Å². The Kier molecular flexibility index (Phi) is 8.11. The van der Waals surface area contributed by atoms with E-state index in [0.717, 1.165) is 22.9 Å². The van der Waals surface area contributed by atoms with Crippen molar-refractivity contribution < 1.29 is 19.1 Å². The summed E-state index contributed by atoms with van der Waals surface area (Å²) in [6.45, 7) is 0.890. The molecule has 176 valence electrons. The van der Waals surface area contributed by atoms with Crippen LogP contribution in [0.5, 0.6) is 17.2 Å². The van der Waals surface area contributed by atoms with Gasteiger partial charge in [0.1, 0.15) is 19.8 Å². The number of nitrogens with zero attached hydrogens (tertiary/aromatic N) is 1. The molecule has 0 N–H and O–H groups in total. The molecular formula is C29H25NO5. The fraction of sp³-hybridized carbons (Fsp3) is 0.103. The first-order valence-corrected chi connectivity index (χ1v) is 11.2. The monoisotopic (exact) mass is 467 g/mol. The van der Waals surface area contributed by atoms with Gasteiger partial charge in [0, 0.05) is 11.6 Å². The van der Waals surface area contributed by atoms with E-state index in [9.17, 15) is 10.1 Å². The molecule has 0 aliphatic heterocycles. The van der Waals surface area contributed by atoms with Gasteiger partial charge in [-0.2, -0.15) is 0 Å². The highest BCUT2D eigenvalue weighted by molar-refractivity contribution is 5.66. The molecule has 4 aromatic carbocycles. The molecule has 0 spiro atoms. The topological polar surface area (TPSA) is 70.8 Å². The summed E-state index contributed by atoms with van der Waals surface area (Å²) in [5.74, 6) is 1.27. The zero-order valence-electron chi connectivity index (χ0n) is 19.1. The van der Waals surface area contributed by atoms with Crippen LogP contribution < -0.4 is 14.2 Å². The molecule has 0 amide bonds. The van der Waals surface area contributed by atoms with Crippen molar-refractivity contribution in [1.29, 1.82) is 0 Å². The van der Waals surface area contributed by atoms with Crippen LogP contribution in [0.15, 0.2) is 109 Å². The summed E-state index contributed by atoms with van der Waals surface area (Å²) >= 11 is 0. The van der Waals surface area contributed by atoms with Gasteiger partial charge in [0.05, 0.1) is 4.92 Å². The third kappa shape index (κ3) is 6.95. The summed E-state index contributed by atoms with van der Waals surface area (Å²) in [6.07, 6.45) is 2.28. The van der Waals surface area contributed by atoms with Crippen LogP contribution in [0.25, 0.3) is 6.08 Å². The zero-order chi connectivity index (χ0) is 24.3. The second-order valence-corrected chi connectivity index (χ2v) is 7.74. The summed E-state index contributed by atoms with van der Waals surface area (Å²) in [7, 11) is 0. The Labute approximate surface area is 204 Å². The van der Waals surface area contributed by atoms with Gasteiger partial charge in [-0.3, -0.25) is 10.1 Å². The molecule has 0 aromatic heterocycles. The molecule has 0 radical (unpaired) electrons. The average Bonchev–Trinajstić information content (AvgIpc) is 2.90. The number of benzene rings is 4. The average molecular weight is 468 g/mol. The summed E-state index contributed by atoms with van der Waals surface area (Å²) in [4.78, 5) is 10.5. The van der Waals surface area contributed by atoms with E-state index in [0.29, 0.717) is 29.4 Å². The minimum Gasteiger partial charge on any atom is -0.485 e. The lowest BCUT2D eigenvalue weighted by atomic mass is 10.1. The number of hydrogen-bond acceptors (Lipinski definition) is 5. The highest BCUT2D eigenvalue weighted by atomic mass is 16.6. The van der Waals surface area contributed by atoms with Crippen molar-refractivity contribution in [3.63, 3.8) is 0 Å². The van der Waals surface area contributed by atoms with Crippen molar-refractivity contribution in [3.8, 4) is 17.2 Å². The number of ether oxygens (including phenoxy) is 3. The van der Waals surface area contributed by atoms with E-state index in [2.05, 4.69) is 0 Å². The minimum absolute atomic E-state index is 0.268. The predicted octanol–water partition coefficient (Wildman–Crippen LogP) is 6.67. The smallest absolute Gasteiger partial charge is 0.235 e. The van der Waals surface area contributed by atoms with Crippen LogP contribution >= 0.6 is 0 Å². The van der Waals surface area contributed by atoms with Gasteiger partial charge < -0.3 is 14.2 Å². The molecule has 35 heavy (non-hydrogen) atoms. The Hall–Kier alpha value is -4.58. The van der Waals surface area contributed by atoms with Gasteiger partial charge in [0.2, 0.25) is 11.9 Å². The molecule has 6 heteroatoms.